The molecule has 136 valence electrons. The first-order chi connectivity index (χ1) is 11.4. The van der Waals surface area contributed by atoms with Crippen molar-refractivity contribution in [1.82, 2.24) is 4.90 Å². The van der Waals surface area contributed by atoms with E-state index < -0.39 is 11.4 Å². The molecule has 1 saturated heterocycles. The quantitative estimate of drug-likeness (QED) is 0.739. The van der Waals surface area contributed by atoms with Gasteiger partial charge in [-0.25, -0.2) is 0 Å². The lowest BCUT2D eigenvalue weighted by molar-refractivity contribution is -0.313. The van der Waals surface area contributed by atoms with Crippen molar-refractivity contribution >= 4 is 0 Å². The molecule has 1 heterocycles. The number of nitrogens with zero attached hydrogens (tertiary/aromatic N) is 1. The van der Waals surface area contributed by atoms with Crippen molar-refractivity contribution < 1.29 is 19.3 Å². The highest BCUT2D eigenvalue weighted by Crippen LogP contribution is 2.38. The first kappa shape index (κ1) is 19.2. The molecule has 0 radical (unpaired) electrons. The van der Waals surface area contributed by atoms with Crippen molar-refractivity contribution in [2.45, 2.75) is 44.5 Å². The zero-order valence-electron chi connectivity index (χ0n) is 15.4. The van der Waals surface area contributed by atoms with Gasteiger partial charge in [0.25, 0.3) is 0 Å². The minimum atomic E-state index is -1.21. The highest BCUT2D eigenvalue weighted by Gasteiger charge is 2.47. The lowest BCUT2D eigenvalue weighted by atomic mass is 9.90. The van der Waals surface area contributed by atoms with Gasteiger partial charge in [0.1, 0.15) is 11.4 Å². The minimum Gasteiger partial charge on any atom is -0.497 e. The SMILES string of the molecule is COc1ccc([C@](OC)(OCCN2CCCCC2)C(C)(C)O)cc1. The molecule has 0 bridgehead atoms. The molecule has 1 aromatic rings. The Morgan fingerprint density at radius 3 is 2.17 bits per heavy atom. The monoisotopic (exact) mass is 337 g/mol. The van der Waals surface area contributed by atoms with E-state index in [9.17, 15) is 5.11 Å². The van der Waals surface area contributed by atoms with Gasteiger partial charge in [0, 0.05) is 19.2 Å². The molecule has 0 aliphatic carbocycles. The van der Waals surface area contributed by atoms with Crippen LogP contribution in [0, 0.1) is 0 Å². The number of benzene rings is 1. The van der Waals surface area contributed by atoms with Gasteiger partial charge in [-0.1, -0.05) is 6.42 Å². The highest BCUT2D eigenvalue weighted by atomic mass is 16.7. The van der Waals surface area contributed by atoms with Gasteiger partial charge in [-0.3, -0.25) is 0 Å². The molecule has 0 amide bonds. The van der Waals surface area contributed by atoms with Crippen molar-refractivity contribution in [3.05, 3.63) is 29.8 Å². The summed E-state index contributed by atoms with van der Waals surface area (Å²) in [6, 6.07) is 7.45. The molecule has 1 atom stereocenters. The smallest absolute Gasteiger partial charge is 0.223 e. The minimum absolute atomic E-state index is 0.504. The number of rotatable bonds is 8. The molecule has 0 spiro atoms. The normalized spacial score (nSPS) is 19.0. The number of hydrogen-bond donors (Lipinski definition) is 1. The van der Waals surface area contributed by atoms with Gasteiger partial charge in [-0.05, 0) is 64.0 Å². The first-order valence-corrected chi connectivity index (χ1v) is 8.71. The second kappa shape index (κ2) is 8.30. The van der Waals surface area contributed by atoms with E-state index in [-0.39, 0.29) is 0 Å². The molecule has 0 aromatic heterocycles. The van der Waals surface area contributed by atoms with Gasteiger partial charge in [0.05, 0.1) is 13.7 Å². The summed E-state index contributed by atoms with van der Waals surface area (Å²) in [5.41, 5.74) is -0.421. The molecule has 5 nitrogen and oxygen atoms in total. The molecule has 1 fully saturated rings. The second-order valence-electron chi connectivity index (χ2n) is 6.86. The van der Waals surface area contributed by atoms with Crippen LogP contribution < -0.4 is 4.74 Å². The maximum absolute atomic E-state index is 10.7. The summed E-state index contributed by atoms with van der Waals surface area (Å²) in [4.78, 5) is 2.41. The van der Waals surface area contributed by atoms with Crippen LogP contribution in [0.5, 0.6) is 5.75 Å². The van der Waals surface area contributed by atoms with Crippen molar-refractivity contribution in [1.29, 1.82) is 0 Å². The number of piperidine rings is 1. The number of ether oxygens (including phenoxy) is 3. The summed E-state index contributed by atoms with van der Waals surface area (Å²) in [6.45, 7) is 7.01. The third-order valence-corrected chi connectivity index (χ3v) is 4.72. The van der Waals surface area contributed by atoms with Crippen molar-refractivity contribution in [3.8, 4) is 5.75 Å². The molecular formula is C19H31NO4. The van der Waals surface area contributed by atoms with E-state index in [0.29, 0.717) is 6.61 Å². The predicted molar refractivity (Wildman–Crippen MR) is 94.2 cm³/mol. The zero-order valence-corrected chi connectivity index (χ0v) is 15.4. The average Bonchev–Trinajstić information content (AvgIpc) is 2.59. The van der Waals surface area contributed by atoms with Crippen LogP contribution in [0.15, 0.2) is 24.3 Å². The van der Waals surface area contributed by atoms with E-state index in [1.807, 2.05) is 24.3 Å². The Morgan fingerprint density at radius 1 is 1.04 bits per heavy atom. The van der Waals surface area contributed by atoms with Crippen molar-refractivity contribution in [2.75, 3.05) is 40.5 Å². The Balaban J connectivity index is 2.13. The van der Waals surface area contributed by atoms with E-state index >= 15 is 0 Å². The van der Waals surface area contributed by atoms with Gasteiger partial charge in [-0.2, -0.15) is 0 Å². The van der Waals surface area contributed by atoms with Crippen LogP contribution >= 0.6 is 0 Å². The zero-order chi connectivity index (χ0) is 17.6. The van der Waals surface area contributed by atoms with E-state index in [2.05, 4.69) is 4.90 Å². The molecular weight excluding hydrogens is 306 g/mol. The van der Waals surface area contributed by atoms with Gasteiger partial charge in [0.2, 0.25) is 5.79 Å². The Kier molecular flexibility index (Phi) is 6.63. The molecule has 1 aromatic carbocycles. The lowest BCUT2D eigenvalue weighted by Crippen LogP contribution is -2.52. The summed E-state index contributed by atoms with van der Waals surface area (Å²) in [5.74, 6) is -0.456. The van der Waals surface area contributed by atoms with Crippen LogP contribution in [0.2, 0.25) is 0 Å². The summed E-state index contributed by atoms with van der Waals surface area (Å²) < 4.78 is 17.1. The maximum Gasteiger partial charge on any atom is 0.223 e. The summed E-state index contributed by atoms with van der Waals surface area (Å²) in [6.07, 6.45) is 3.81. The van der Waals surface area contributed by atoms with E-state index in [0.717, 1.165) is 30.9 Å². The summed E-state index contributed by atoms with van der Waals surface area (Å²) in [5, 5.41) is 10.7. The Labute approximate surface area is 145 Å². The van der Waals surface area contributed by atoms with E-state index in [4.69, 9.17) is 14.2 Å². The number of likely N-dealkylation sites (tertiary alicyclic amines) is 1. The average molecular weight is 337 g/mol. The molecule has 1 aliphatic rings. The molecule has 2 rings (SSSR count). The largest absolute Gasteiger partial charge is 0.497 e. The Bertz CT molecular complexity index is 491. The Morgan fingerprint density at radius 2 is 1.67 bits per heavy atom. The first-order valence-electron chi connectivity index (χ1n) is 8.71. The number of methoxy groups -OCH3 is 2. The van der Waals surface area contributed by atoms with Gasteiger partial charge in [-0.15, -0.1) is 0 Å². The van der Waals surface area contributed by atoms with Crippen LogP contribution in [0.4, 0.5) is 0 Å². The van der Waals surface area contributed by atoms with Gasteiger partial charge < -0.3 is 24.2 Å². The topological polar surface area (TPSA) is 51.2 Å². The third kappa shape index (κ3) is 4.28. The van der Waals surface area contributed by atoms with Crippen LogP contribution in [0.1, 0.15) is 38.7 Å². The Hall–Kier alpha value is -1.14. The van der Waals surface area contributed by atoms with Crippen LogP contribution in [0.3, 0.4) is 0 Å². The predicted octanol–water partition coefficient (Wildman–Crippen LogP) is 2.77. The summed E-state index contributed by atoms with van der Waals surface area (Å²) >= 11 is 0. The van der Waals surface area contributed by atoms with Crippen LogP contribution in [0.25, 0.3) is 0 Å². The fourth-order valence-corrected chi connectivity index (χ4v) is 3.35. The molecule has 1 aliphatic heterocycles. The molecule has 1 N–H and O–H groups in total. The van der Waals surface area contributed by atoms with Crippen molar-refractivity contribution in [2.24, 2.45) is 0 Å². The lowest BCUT2D eigenvalue weighted by Gasteiger charge is -2.42. The second-order valence-corrected chi connectivity index (χ2v) is 6.86. The third-order valence-electron chi connectivity index (χ3n) is 4.72. The molecule has 0 unspecified atom stereocenters. The molecule has 0 saturated carbocycles. The van der Waals surface area contributed by atoms with Crippen molar-refractivity contribution in [3.63, 3.8) is 0 Å². The standard InChI is InChI=1S/C19H31NO4/c1-18(2,21)19(23-4,16-8-10-17(22-3)11-9-16)24-15-14-20-12-6-5-7-13-20/h8-11,21H,5-7,12-15H2,1-4H3/t19-/m0/s1. The fourth-order valence-electron chi connectivity index (χ4n) is 3.35. The van der Waals surface area contributed by atoms with Crippen LogP contribution in [-0.2, 0) is 15.3 Å². The van der Waals surface area contributed by atoms with Gasteiger partial charge >= 0.3 is 0 Å². The molecule has 24 heavy (non-hydrogen) atoms. The summed E-state index contributed by atoms with van der Waals surface area (Å²) in [7, 11) is 3.20. The van der Waals surface area contributed by atoms with E-state index in [1.165, 1.54) is 19.3 Å². The highest BCUT2D eigenvalue weighted by molar-refractivity contribution is 5.31. The fraction of sp³-hybridized carbons (Fsp3) is 0.684. The van der Waals surface area contributed by atoms with E-state index in [1.54, 1.807) is 28.1 Å². The number of hydrogen-bond acceptors (Lipinski definition) is 5. The maximum atomic E-state index is 10.7. The van der Waals surface area contributed by atoms with Crippen LogP contribution in [-0.4, -0.2) is 56.1 Å². The molecule has 5 heteroatoms. The van der Waals surface area contributed by atoms with Gasteiger partial charge in [0.15, 0.2) is 0 Å². The number of aliphatic hydroxyl groups is 1.